The van der Waals surface area contributed by atoms with Crippen LogP contribution in [0.2, 0.25) is 0 Å². The fourth-order valence-corrected chi connectivity index (χ4v) is 2.20. The SMILES string of the molecule is CC(C)(CN)C(=O)c1ccc2c(c1)CCC2. The molecule has 86 valence electrons. The van der Waals surface area contributed by atoms with E-state index in [1.54, 1.807) is 0 Å². The summed E-state index contributed by atoms with van der Waals surface area (Å²) in [5.74, 6) is 0.157. The number of ketones is 1. The van der Waals surface area contributed by atoms with E-state index in [0.29, 0.717) is 6.54 Å². The Bertz CT molecular complexity index is 421. The minimum atomic E-state index is -0.452. The zero-order valence-electron chi connectivity index (χ0n) is 10.0. The molecule has 1 aromatic carbocycles. The Kier molecular flexibility index (Phi) is 2.85. The van der Waals surface area contributed by atoms with Gasteiger partial charge in [0.15, 0.2) is 5.78 Å². The second-order valence-corrected chi connectivity index (χ2v) is 5.25. The largest absolute Gasteiger partial charge is 0.329 e. The Morgan fingerprint density at radius 2 is 2.00 bits per heavy atom. The highest BCUT2D eigenvalue weighted by atomic mass is 16.1. The van der Waals surface area contributed by atoms with E-state index in [-0.39, 0.29) is 5.78 Å². The third-order valence-corrected chi connectivity index (χ3v) is 3.49. The molecule has 2 rings (SSSR count). The number of rotatable bonds is 3. The summed E-state index contributed by atoms with van der Waals surface area (Å²) in [7, 11) is 0. The highest BCUT2D eigenvalue weighted by Gasteiger charge is 2.27. The fraction of sp³-hybridized carbons (Fsp3) is 0.500. The maximum absolute atomic E-state index is 12.2. The molecule has 0 aliphatic heterocycles. The van der Waals surface area contributed by atoms with Crippen molar-refractivity contribution < 1.29 is 4.79 Å². The minimum absolute atomic E-state index is 0.157. The molecule has 0 heterocycles. The summed E-state index contributed by atoms with van der Waals surface area (Å²) in [5, 5.41) is 0. The van der Waals surface area contributed by atoms with Crippen LogP contribution in [-0.2, 0) is 12.8 Å². The normalized spacial score (nSPS) is 14.9. The van der Waals surface area contributed by atoms with Crippen molar-refractivity contribution >= 4 is 5.78 Å². The van der Waals surface area contributed by atoms with Crippen molar-refractivity contribution in [3.63, 3.8) is 0 Å². The number of aryl methyl sites for hydroxylation is 2. The quantitative estimate of drug-likeness (QED) is 0.790. The molecule has 0 aromatic heterocycles. The van der Waals surface area contributed by atoms with Crippen LogP contribution in [0.5, 0.6) is 0 Å². The summed E-state index contributed by atoms with van der Waals surface area (Å²) >= 11 is 0. The average molecular weight is 217 g/mol. The molecule has 0 saturated carbocycles. The lowest BCUT2D eigenvalue weighted by Gasteiger charge is -2.21. The summed E-state index contributed by atoms with van der Waals surface area (Å²) in [5.41, 5.74) is 8.75. The number of carbonyl (C=O) groups is 1. The highest BCUT2D eigenvalue weighted by Crippen LogP contribution is 2.26. The zero-order chi connectivity index (χ0) is 11.8. The molecule has 0 radical (unpaired) electrons. The molecule has 1 aliphatic rings. The molecular formula is C14H19NO. The maximum Gasteiger partial charge on any atom is 0.169 e. The number of fused-ring (bicyclic) bond motifs is 1. The molecule has 1 aliphatic carbocycles. The summed E-state index contributed by atoms with van der Waals surface area (Å²) in [6, 6.07) is 6.11. The van der Waals surface area contributed by atoms with Gasteiger partial charge in [0, 0.05) is 17.5 Å². The van der Waals surface area contributed by atoms with E-state index < -0.39 is 5.41 Å². The van der Waals surface area contributed by atoms with Gasteiger partial charge in [0.1, 0.15) is 0 Å². The summed E-state index contributed by atoms with van der Waals surface area (Å²) < 4.78 is 0. The van der Waals surface area contributed by atoms with E-state index in [4.69, 9.17) is 5.73 Å². The van der Waals surface area contributed by atoms with Gasteiger partial charge < -0.3 is 5.73 Å². The van der Waals surface area contributed by atoms with E-state index in [2.05, 4.69) is 12.1 Å². The highest BCUT2D eigenvalue weighted by molar-refractivity contribution is 6.00. The lowest BCUT2D eigenvalue weighted by molar-refractivity contribution is 0.0847. The fourth-order valence-electron chi connectivity index (χ4n) is 2.20. The lowest BCUT2D eigenvalue weighted by Crippen LogP contribution is -2.32. The number of hydrogen-bond acceptors (Lipinski definition) is 2. The molecule has 0 saturated heterocycles. The Morgan fingerprint density at radius 3 is 2.69 bits per heavy atom. The number of carbonyl (C=O) groups excluding carboxylic acids is 1. The van der Waals surface area contributed by atoms with Crippen LogP contribution < -0.4 is 5.73 Å². The van der Waals surface area contributed by atoms with Gasteiger partial charge in [0.05, 0.1) is 0 Å². The topological polar surface area (TPSA) is 43.1 Å². The molecule has 16 heavy (non-hydrogen) atoms. The molecular weight excluding hydrogens is 198 g/mol. The zero-order valence-corrected chi connectivity index (χ0v) is 10.0. The van der Waals surface area contributed by atoms with Crippen LogP contribution in [0.4, 0.5) is 0 Å². The third kappa shape index (κ3) is 1.90. The molecule has 0 fully saturated rings. The van der Waals surface area contributed by atoms with Crippen LogP contribution in [0.1, 0.15) is 41.8 Å². The first kappa shape index (κ1) is 11.3. The molecule has 0 atom stereocenters. The van der Waals surface area contributed by atoms with Crippen LogP contribution in [-0.4, -0.2) is 12.3 Å². The average Bonchev–Trinajstić information content (AvgIpc) is 2.74. The summed E-state index contributed by atoms with van der Waals surface area (Å²) in [6.45, 7) is 4.20. The second-order valence-electron chi connectivity index (χ2n) is 5.25. The van der Waals surface area contributed by atoms with Crippen molar-refractivity contribution in [1.29, 1.82) is 0 Å². The summed E-state index contributed by atoms with van der Waals surface area (Å²) in [6.07, 6.45) is 3.48. The van der Waals surface area contributed by atoms with Crippen LogP contribution >= 0.6 is 0 Å². The van der Waals surface area contributed by atoms with Crippen molar-refractivity contribution in [2.45, 2.75) is 33.1 Å². The van der Waals surface area contributed by atoms with E-state index in [1.165, 1.54) is 17.5 Å². The predicted octanol–water partition coefficient (Wildman–Crippen LogP) is 2.34. The Balaban J connectivity index is 2.32. The Labute approximate surface area is 96.8 Å². The predicted molar refractivity (Wildman–Crippen MR) is 65.6 cm³/mol. The van der Waals surface area contributed by atoms with Crippen LogP contribution in [0.25, 0.3) is 0 Å². The van der Waals surface area contributed by atoms with Crippen molar-refractivity contribution in [3.05, 3.63) is 34.9 Å². The van der Waals surface area contributed by atoms with Crippen molar-refractivity contribution in [1.82, 2.24) is 0 Å². The van der Waals surface area contributed by atoms with Gasteiger partial charge in [-0.2, -0.15) is 0 Å². The molecule has 2 N–H and O–H groups in total. The smallest absolute Gasteiger partial charge is 0.169 e. The molecule has 0 unspecified atom stereocenters. The number of hydrogen-bond donors (Lipinski definition) is 1. The first-order chi connectivity index (χ1) is 7.54. The van der Waals surface area contributed by atoms with Gasteiger partial charge in [0.25, 0.3) is 0 Å². The van der Waals surface area contributed by atoms with Crippen molar-refractivity contribution in [2.75, 3.05) is 6.54 Å². The Morgan fingerprint density at radius 1 is 1.31 bits per heavy atom. The van der Waals surface area contributed by atoms with Gasteiger partial charge in [-0.05, 0) is 36.5 Å². The molecule has 0 spiro atoms. The van der Waals surface area contributed by atoms with Gasteiger partial charge in [0.2, 0.25) is 0 Å². The number of Topliss-reactive ketones (excluding diaryl/α,β-unsaturated/α-hetero) is 1. The minimum Gasteiger partial charge on any atom is -0.329 e. The van der Waals surface area contributed by atoms with E-state index in [1.807, 2.05) is 19.9 Å². The van der Waals surface area contributed by atoms with Crippen LogP contribution in [0.15, 0.2) is 18.2 Å². The third-order valence-electron chi connectivity index (χ3n) is 3.49. The standard InChI is InChI=1S/C14H19NO/c1-14(2,9-15)13(16)12-7-6-10-4-3-5-11(10)8-12/h6-8H,3-5,9,15H2,1-2H3. The first-order valence-corrected chi connectivity index (χ1v) is 5.91. The van der Waals surface area contributed by atoms with Crippen molar-refractivity contribution in [3.8, 4) is 0 Å². The van der Waals surface area contributed by atoms with E-state index in [0.717, 1.165) is 18.4 Å². The van der Waals surface area contributed by atoms with Gasteiger partial charge in [-0.3, -0.25) is 4.79 Å². The van der Waals surface area contributed by atoms with Gasteiger partial charge in [-0.25, -0.2) is 0 Å². The molecule has 2 heteroatoms. The number of nitrogens with two attached hydrogens (primary N) is 1. The monoisotopic (exact) mass is 217 g/mol. The Hall–Kier alpha value is -1.15. The molecule has 1 aromatic rings. The molecule has 2 nitrogen and oxygen atoms in total. The van der Waals surface area contributed by atoms with Crippen LogP contribution in [0.3, 0.4) is 0 Å². The summed E-state index contributed by atoms with van der Waals surface area (Å²) in [4.78, 5) is 12.2. The van der Waals surface area contributed by atoms with Gasteiger partial charge in [-0.1, -0.05) is 26.0 Å². The second kappa shape index (κ2) is 4.02. The lowest BCUT2D eigenvalue weighted by atomic mass is 9.84. The van der Waals surface area contributed by atoms with E-state index >= 15 is 0 Å². The maximum atomic E-state index is 12.2. The van der Waals surface area contributed by atoms with Crippen molar-refractivity contribution in [2.24, 2.45) is 11.1 Å². The molecule has 0 bridgehead atoms. The van der Waals surface area contributed by atoms with Gasteiger partial charge in [-0.15, -0.1) is 0 Å². The molecule has 0 amide bonds. The van der Waals surface area contributed by atoms with E-state index in [9.17, 15) is 4.79 Å². The first-order valence-electron chi connectivity index (χ1n) is 5.91. The van der Waals surface area contributed by atoms with Gasteiger partial charge >= 0.3 is 0 Å². The number of benzene rings is 1. The van der Waals surface area contributed by atoms with Crippen LogP contribution in [0, 0.1) is 5.41 Å².